The topological polar surface area (TPSA) is 35.5 Å². The van der Waals surface area contributed by atoms with Crippen LogP contribution in [0.15, 0.2) is 66.7 Å². The summed E-state index contributed by atoms with van der Waals surface area (Å²) in [6, 6.07) is 16.8. The minimum Gasteiger partial charge on any atom is -0.489 e. The van der Waals surface area contributed by atoms with Crippen LogP contribution in [0.4, 0.5) is 13.2 Å². The second-order valence-electron chi connectivity index (χ2n) is 5.39. The number of benzene rings is 3. The highest BCUT2D eigenvalue weighted by Crippen LogP contribution is 2.21. The number of halogens is 3. The molecule has 0 aromatic heterocycles. The van der Waals surface area contributed by atoms with Crippen molar-refractivity contribution in [1.29, 1.82) is 0 Å². The van der Waals surface area contributed by atoms with Crippen LogP contribution >= 0.6 is 0 Å². The molecule has 0 unspecified atom stereocenters. The second kappa shape index (κ2) is 7.74. The van der Waals surface area contributed by atoms with Gasteiger partial charge >= 0.3 is 5.97 Å². The quantitative estimate of drug-likeness (QED) is 0.370. The third kappa shape index (κ3) is 4.22. The molecular formula is C20H13F3O3. The van der Waals surface area contributed by atoms with Crippen LogP contribution in [0.1, 0.15) is 15.9 Å². The van der Waals surface area contributed by atoms with Crippen molar-refractivity contribution in [2.24, 2.45) is 0 Å². The standard InChI is InChI=1S/C20H13F3O3/c21-17-10-16(11-18(22)19(17)23)26-20(24)14-6-8-15(9-7-14)25-12-13-4-2-1-3-5-13/h1-11H,12H2. The normalized spacial score (nSPS) is 10.4. The summed E-state index contributed by atoms with van der Waals surface area (Å²) < 4.78 is 49.7. The zero-order valence-corrected chi connectivity index (χ0v) is 13.4. The van der Waals surface area contributed by atoms with E-state index in [9.17, 15) is 18.0 Å². The summed E-state index contributed by atoms with van der Waals surface area (Å²) in [6.45, 7) is 0.374. The molecule has 0 aliphatic rings. The fraction of sp³-hybridized carbons (Fsp3) is 0.0500. The molecule has 3 aromatic rings. The molecule has 3 nitrogen and oxygen atoms in total. The number of hydrogen-bond acceptors (Lipinski definition) is 3. The van der Waals surface area contributed by atoms with Gasteiger partial charge in [0.15, 0.2) is 17.5 Å². The van der Waals surface area contributed by atoms with E-state index in [0.29, 0.717) is 24.5 Å². The van der Waals surface area contributed by atoms with Crippen LogP contribution in [0, 0.1) is 17.5 Å². The molecular weight excluding hydrogens is 345 g/mol. The van der Waals surface area contributed by atoms with E-state index >= 15 is 0 Å². The van der Waals surface area contributed by atoms with E-state index in [1.54, 1.807) is 12.1 Å². The average molecular weight is 358 g/mol. The Balaban J connectivity index is 1.63. The van der Waals surface area contributed by atoms with E-state index in [2.05, 4.69) is 0 Å². The highest BCUT2D eigenvalue weighted by molar-refractivity contribution is 5.91. The van der Waals surface area contributed by atoms with Crippen LogP contribution in [-0.2, 0) is 6.61 Å². The summed E-state index contributed by atoms with van der Waals surface area (Å²) in [5.41, 5.74) is 1.15. The predicted octanol–water partition coefficient (Wildman–Crippen LogP) is 4.90. The van der Waals surface area contributed by atoms with Crippen LogP contribution in [0.5, 0.6) is 11.5 Å². The van der Waals surface area contributed by atoms with Gasteiger partial charge in [-0.3, -0.25) is 0 Å². The van der Waals surface area contributed by atoms with Crippen molar-refractivity contribution in [2.75, 3.05) is 0 Å². The molecule has 0 fully saturated rings. The highest BCUT2D eigenvalue weighted by atomic mass is 19.2. The van der Waals surface area contributed by atoms with Crippen molar-refractivity contribution in [3.05, 3.63) is 95.3 Å². The fourth-order valence-electron chi connectivity index (χ4n) is 2.19. The number of esters is 1. The summed E-state index contributed by atoms with van der Waals surface area (Å²) in [5.74, 6) is -5.19. The van der Waals surface area contributed by atoms with Gasteiger partial charge in [-0.2, -0.15) is 0 Å². The summed E-state index contributed by atoms with van der Waals surface area (Å²) in [6.07, 6.45) is 0. The SMILES string of the molecule is O=C(Oc1cc(F)c(F)c(F)c1)c1ccc(OCc2ccccc2)cc1. The third-order valence-electron chi connectivity index (χ3n) is 3.51. The van der Waals surface area contributed by atoms with Crippen LogP contribution < -0.4 is 9.47 Å². The zero-order valence-electron chi connectivity index (χ0n) is 13.4. The van der Waals surface area contributed by atoms with Gasteiger partial charge in [0.2, 0.25) is 0 Å². The van der Waals surface area contributed by atoms with Crippen LogP contribution in [0.2, 0.25) is 0 Å². The maximum atomic E-state index is 13.1. The summed E-state index contributed by atoms with van der Waals surface area (Å²) in [5, 5.41) is 0. The lowest BCUT2D eigenvalue weighted by Gasteiger charge is -2.08. The third-order valence-corrected chi connectivity index (χ3v) is 3.51. The maximum absolute atomic E-state index is 13.1. The first-order valence-corrected chi connectivity index (χ1v) is 7.66. The Morgan fingerprint density at radius 1 is 0.808 bits per heavy atom. The van der Waals surface area contributed by atoms with Crippen LogP contribution in [-0.4, -0.2) is 5.97 Å². The van der Waals surface area contributed by atoms with Gasteiger partial charge in [-0.25, -0.2) is 18.0 Å². The molecule has 0 atom stereocenters. The predicted molar refractivity (Wildman–Crippen MR) is 88.5 cm³/mol. The molecule has 26 heavy (non-hydrogen) atoms. The Morgan fingerprint density at radius 2 is 1.42 bits per heavy atom. The molecule has 0 spiro atoms. The minimum absolute atomic E-state index is 0.155. The van der Waals surface area contributed by atoms with Gasteiger partial charge in [0, 0.05) is 12.1 Å². The monoisotopic (exact) mass is 358 g/mol. The number of ether oxygens (including phenoxy) is 2. The van der Waals surface area contributed by atoms with Gasteiger partial charge in [-0.05, 0) is 29.8 Å². The summed E-state index contributed by atoms with van der Waals surface area (Å²) in [7, 11) is 0. The molecule has 3 aromatic carbocycles. The van der Waals surface area contributed by atoms with Crippen molar-refractivity contribution >= 4 is 5.97 Å². The molecule has 0 bridgehead atoms. The van der Waals surface area contributed by atoms with Gasteiger partial charge in [0.25, 0.3) is 0 Å². The summed E-state index contributed by atoms with van der Waals surface area (Å²) in [4.78, 5) is 12.0. The number of hydrogen-bond donors (Lipinski definition) is 0. The average Bonchev–Trinajstić information content (AvgIpc) is 2.65. The van der Waals surface area contributed by atoms with Crippen LogP contribution in [0.3, 0.4) is 0 Å². The zero-order chi connectivity index (χ0) is 18.5. The molecule has 0 saturated carbocycles. The van der Waals surface area contributed by atoms with Gasteiger partial charge in [0.1, 0.15) is 18.1 Å². The van der Waals surface area contributed by atoms with E-state index in [-0.39, 0.29) is 5.56 Å². The minimum atomic E-state index is -1.62. The first kappa shape index (κ1) is 17.5. The lowest BCUT2D eigenvalue weighted by molar-refractivity contribution is 0.0733. The van der Waals surface area contributed by atoms with E-state index in [0.717, 1.165) is 5.56 Å². The van der Waals surface area contributed by atoms with Crippen molar-refractivity contribution in [3.63, 3.8) is 0 Å². The van der Waals surface area contributed by atoms with Gasteiger partial charge in [0.05, 0.1) is 5.56 Å². The molecule has 0 N–H and O–H groups in total. The molecule has 3 rings (SSSR count). The van der Waals surface area contributed by atoms with Gasteiger partial charge in [-0.1, -0.05) is 30.3 Å². The Bertz CT molecular complexity index is 886. The maximum Gasteiger partial charge on any atom is 0.343 e. The fourth-order valence-corrected chi connectivity index (χ4v) is 2.19. The molecule has 0 aliphatic heterocycles. The van der Waals surface area contributed by atoms with Gasteiger partial charge < -0.3 is 9.47 Å². The lowest BCUT2D eigenvalue weighted by Crippen LogP contribution is -2.09. The van der Waals surface area contributed by atoms with Crippen molar-refractivity contribution in [2.45, 2.75) is 6.61 Å². The van der Waals surface area contributed by atoms with Crippen molar-refractivity contribution < 1.29 is 27.4 Å². The van der Waals surface area contributed by atoms with Crippen LogP contribution in [0.25, 0.3) is 0 Å². The molecule has 0 heterocycles. The van der Waals surface area contributed by atoms with E-state index in [1.807, 2.05) is 30.3 Å². The Labute approximate surface area is 147 Å². The smallest absolute Gasteiger partial charge is 0.343 e. The Hall–Kier alpha value is -3.28. The molecule has 6 heteroatoms. The first-order chi connectivity index (χ1) is 12.5. The van der Waals surface area contributed by atoms with E-state index in [1.165, 1.54) is 12.1 Å². The number of carbonyl (C=O) groups is 1. The molecule has 0 aliphatic carbocycles. The first-order valence-electron chi connectivity index (χ1n) is 7.66. The summed E-state index contributed by atoms with van der Waals surface area (Å²) >= 11 is 0. The van der Waals surface area contributed by atoms with Crippen molar-refractivity contribution in [3.8, 4) is 11.5 Å². The Kier molecular flexibility index (Phi) is 5.22. The molecule has 0 radical (unpaired) electrons. The van der Waals surface area contributed by atoms with E-state index in [4.69, 9.17) is 9.47 Å². The van der Waals surface area contributed by atoms with Gasteiger partial charge in [-0.15, -0.1) is 0 Å². The number of carbonyl (C=O) groups excluding carboxylic acids is 1. The van der Waals surface area contributed by atoms with E-state index < -0.39 is 29.2 Å². The molecule has 132 valence electrons. The van der Waals surface area contributed by atoms with Crippen molar-refractivity contribution in [1.82, 2.24) is 0 Å². The largest absolute Gasteiger partial charge is 0.489 e. The second-order valence-corrected chi connectivity index (χ2v) is 5.39. The lowest BCUT2D eigenvalue weighted by atomic mass is 10.2. The highest BCUT2D eigenvalue weighted by Gasteiger charge is 2.15. The number of rotatable bonds is 5. The molecule has 0 saturated heterocycles. The molecule has 0 amide bonds. The Morgan fingerprint density at radius 3 is 2.04 bits per heavy atom.